The Bertz CT molecular complexity index is 946. The molecule has 0 heterocycles. The van der Waals surface area contributed by atoms with Crippen LogP contribution in [-0.2, 0) is 24.0 Å². The first-order valence-corrected chi connectivity index (χ1v) is 12.0. The molecule has 0 aliphatic carbocycles. The van der Waals surface area contributed by atoms with Crippen LogP contribution in [0.2, 0.25) is 0 Å². The third-order valence-electron chi connectivity index (χ3n) is 4.38. The molecule has 0 aliphatic heterocycles. The number of amides is 5. The van der Waals surface area contributed by atoms with E-state index >= 15 is 0 Å². The number of nitrogens with zero attached hydrogens (tertiary/aromatic N) is 5. The fourth-order valence-corrected chi connectivity index (χ4v) is 1.92. The van der Waals surface area contributed by atoms with Gasteiger partial charge in [0.2, 0.25) is 23.6 Å². The highest BCUT2D eigenvalue weighted by Crippen LogP contribution is 2.07. The minimum atomic E-state index is -0.572. The fourth-order valence-electron chi connectivity index (χ4n) is 1.92. The highest BCUT2D eigenvalue weighted by atomic mass is 16.2. The van der Waals surface area contributed by atoms with Crippen molar-refractivity contribution in [3.63, 3.8) is 0 Å². The summed E-state index contributed by atoms with van der Waals surface area (Å²) in [6.45, 7) is 10.9. The van der Waals surface area contributed by atoms with E-state index in [0.29, 0.717) is 13.1 Å². The predicted octanol–water partition coefficient (Wildman–Crippen LogP) is -0.0889. The monoisotopic (exact) mass is 558 g/mol. The van der Waals surface area contributed by atoms with Gasteiger partial charge in [-0.2, -0.15) is 21.0 Å². The van der Waals surface area contributed by atoms with Gasteiger partial charge in [-0.25, -0.2) is 6.57 Å². The van der Waals surface area contributed by atoms with Crippen molar-refractivity contribution in [1.82, 2.24) is 16.0 Å². The Labute approximate surface area is 235 Å². The second-order valence-electron chi connectivity index (χ2n) is 7.68. The average Bonchev–Trinajstić information content (AvgIpc) is 2.90. The summed E-state index contributed by atoms with van der Waals surface area (Å²) in [7, 11) is 1.50. The number of rotatable bonds is 13. The molecule has 0 aromatic heterocycles. The lowest BCUT2D eigenvalue weighted by atomic mass is 9.97. The maximum absolute atomic E-state index is 10.9. The lowest BCUT2D eigenvalue weighted by Gasteiger charge is -2.06. The van der Waals surface area contributed by atoms with Crippen LogP contribution in [-0.4, -0.2) is 56.2 Å². The van der Waals surface area contributed by atoms with Crippen LogP contribution in [0.4, 0.5) is 0 Å². The van der Waals surface area contributed by atoms with Crippen LogP contribution in [0.5, 0.6) is 0 Å². The van der Waals surface area contributed by atoms with E-state index in [-0.39, 0.29) is 55.4 Å². The van der Waals surface area contributed by atoms with Gasteiger partial charge in [0.25, 0.3) is 12.5 Å². The van der Waals surface area contributed by atoms with E-state index in [4.69, 9.17) is 33.4 Å². The molecule has 0 radical (unpaired) electrons. The van der Waals surface area contributed by atoms with E-state index in [9.17, 15) is 24.0 Å². The third-order valence-corrected chi connectivity index (χ3v) is 4.38. The molecule has 5 amide bonds. The van der Waals surface area contributed by atoms with E-state index in [0.717, 1.165) is 25.7 Å². The lowest BCUT2D eigenvalue weighted by molar-refractivity contribution is -0.122. The van der Waals surface area contributed by atoms with E-state index in [1.54, 1.807) is 32.1 Å². The first-order valence-electron chi connectivity index (χ1n) is 12.0. The van der Waals surface area contributed by atoms with Crippen LogP contribution in [0.25, 0.3) is 4.85 Å². The van der Waals surface area contributed by atoms with E-state index < -0.39 is 11.8 Å². The van der Waals surface area contributed by atoms with Crippen molar-refractivity contribution in [2.45, 2.75) is 58.8 Å². The van der Waals surface area contributed by atoms with Crippen LogP contribution in [0.15, 0.2) is 0 Å². The van der Waals surface area contributed by atoms with Crippen LogP contribution in [0.1, 0.15) is 58.8 Å². The summed E-state index contributed by atoms with van der Waals surface area (Å²) in [5.74, 6) is -2.29. The smallest absolute Gasteiger partial charge is 0.300 e. The van der Waals surface area contributed by atoms with Gasteiger partial charge in [0.05, 0.1) is 36.1 Å². The SMILES string of the molecule is CC(C#N)C(C)C(N)=O.CNC(=O)CC#N.N#CCC(N)=O.[C-]#[N+]CC(=O)NCCCCCCNC(=O)CC#N. The summed E-state index contributed by atoms with van der Waals surface area (Å²) in [5, 5.41) is 39.7. The number of hydrogen-bond acceptors (Lipinski definition) is 9. The Hall–Kier alpha value is -5.20. The fraction of sp³-hybridized carbons (Fsp3) is 0.600. The molecule has 15 heteroatoms. The van der Waals surface area contributed by atoms with Gasteiger partial charge in [0, 0.05) is 20.1 Å². The quantitative estimate of drug-likeness (QED) is 0.149. The zero-order chi connectivity index (χ0) is 31.8. The summed E-state index contributed by atoms with van der Waals surface area (Å²) in [6.07, 6.45) is 3.35. The second-order valence-corrected chi connectivity index (χ2v) is 7.68. The van der Waals surface area contributed by atoms with Crippen LogP contribution in [0, 0.1) is 63.7 Å². The lowest BCUT2D eigenvalue weighted by Crippen LogP contribution is -2.26. The number of nitriles is 4. The summed E-state index contributed by atoms with van der Waals surface area (Å²) in [4.78, 5) is 54.9. The molecule has 0 rings (SSSR count). The van der Waals surface area contributed by atoms with Crippen molar-refractivity contribution in [3.8, 4) is 24.3 Å². The molecule has 0 bridgehead atoms. The number of carbonyl (C=O) groups excluding carboxylic acids is 5. The Morgan fingerprint density at radius 1 is 0.775 bits per heavy atom. The molecule has 0 saturated carbocycles. The molecular weight excluding hydrogens is 520 g/mol. The summed E-state index contributed by atoms with van der Waals surface area (Å²) in [5.41, 5.74) is 9.46. The Kier molecular flexibility index (Phi) is 33.3. The summed E-state index contributed by atoms with van der Waals surface area (Å²) < 4.78 is 0. The van der Waals surface area contributed by atoms with E-state index in [2.05, 4.69) is 26.5 Å². The minimum absolute atomic E-state index is 0.0451. The zero-order valence-corrected chi connectivity index (χ0v) is 23.2. The second kappa shape index (κ2) is 31.8. The van der Waals surface area contributed by atoms with Crippen molar-refractivity contribution in [2.75, 3.05) is 26.7 Å². The average molecular weight is 559 g/mol. The number of unbranched alkanes of at least 4 members (excludes halogenated alkanes) is 3. The minimum Gasteiger partial charge on any atom is -0.369 e. The summed E-state index contributed by atoms with van der Waals surface area (Å²) in [6, 6.07) is 7.03. The molecule has 0 aromatic carbocycles. The maximum Gasteiger partial charge on any atom is 0.300 e. The van der Waals surface area contributed by atoms with Gasteiger partial charge in [-0.3, -0.25) is 24.0 Å². The molecule has 0 fully saturated rings. The van der Waals surface area contributed by atoms with Gasteiger partial charge in [-0.05, 0) is 19.8 Å². The molecule has 0 spiro atoms. The molecule has 15 nitrogen and oxygen atoms in total. The normalized spacial score (nSPS) is 9.75. The van der Waals surface area contributed by atoms with Crippen molar-refractivity contribution >= 4 is 29.5 Å². The van der Waals surface area contributed by atoms with Gasteiger partial charge in [0.15, 0.2) is 0 Å². The molecule has 218 valence electrons. The molecule has 2 atom stereocenters. The molecule has 0 saturated heterocycles. The topological polar surface area (TPSA) is 273 Å². The standard InChI is InChI=1S/C12H18N4O2.C6H10N2O.C4H6N2O.C3H4N2O/c1-14-10-12(18)16-9-5-3-2-4-8-15-11(17)6-7-13;1-4(3-7)5(2)6(8)9;1-6-4(7)2-3-5;4-2-1-3(5)6/h2-6,8-10H2,(H,15,17)(H,16,18);4-5H,1-2H3,(H2,8,9);2H2,1H3,(H,6,7);1H2,(H2,5,6). The van der Waals surface area contributed by atoms with Crippen LogP contribution >= 0.6 is 0 Å². The Balaban J connectivity index is -0.000000245. The van der Waals surface area contributed by atoms with Gasteiger partial charge in [-0.15, -0.1) is 0 Å². The van der Waals surface area contributed by atoms with Gasteiger partial charge >= 0.3 is 0 Å². The number of hydrogen-bond donors (Lipinski definition) is 5. The van der Waals surface area contributed by atoms with Crippen molar-refractivity contribution < 1.29 is 24.0 Å². The molecular formula is C25H38N10O5. The maximum atomic E-state index is 10.9. The largest absolute Gasteiger partial charge is 0.369 e. The molecule has 40 heavy (non-hydrogen) atoms. The zero-order valence-electron chi connectivity index (χ0n) is 23.2. The molecule has 0 aromatic rings. The van der Waals surface area contributed by atoms with Gasteiger partial charge < -0.3 is 32.3 Å². The Morgan fingerprint density at radius 3 is 1.50 bits per heavy atom. The van der Waals surface area contributed by atoms with Crippen molar-refractivity contribution in [3.05, 3.63) is 11.4 Å². The number of nitrogens with two attached hydrogens (primary N) is 2. The predicted molar refractivity (Wildman–Crippen MR) is 143 cm³/mol. The molecule has 7 N–H and O–H groups in total. The first kappa shape index (κ1) is 41.9. The van der Waals surface area contributed by atoms with Crippen LogP contribution in [0.3, 0.4) is 0 Å². The summed E-state index contributed by atoms with van der Waals surface area (Å²) >= 11 is 0. The van der Waals surface area contributed by atoms with Crippen molar-refractivity contribution in [1.29, 1.82) is 21.0 Å². The molecule has 2 unspecified atom stereocenters. The van der Waals surface area contributed by atoms with E-state index in [1.807, 2.05) is 6.07 Å². The number of primary amides is 2. The highest BCUT2D eigenvalue weighted by Gasteiger charge is 2.15. The first-order chi connectivity index (χ1) is 18.9. The van der Waals surface area contributed by atoms with Gasteiger partial charge in [-0.1, -0.05) is 19.8 Å². The van der Waals surface area contributed by atoms with E-state index in [1.165, 1.54) is 7.05 Å². The van der Waals surface area contributed by atoms with Crippen LogP contribution < -0.4 is 27.4 Å². The molecule has 0 aliphatic rings. The highest BCUT2D eigenvalue weighted by molar-refractivity contribution is 5.79. The number of carbonyl (C=O) groups is 5. The van der Waals surface area contributed by atoms with Gasteiger partial charge in [0.1, 0.15) is 19.3 Å². The number of nitrogens with one attached hydrogen (secondary N) is 3. The Morgan fingerprint density at radius 2 is 1.23 bits per heavy atom. The van der Waals surface area contributed by atoms with Crippen molar-refractivity contribution in [2.24, 2.45) is 23.3 Å². The third kappa shape index (κ3) is 37.4.